The van der Waals surface area contributed by atoms with Crippen molar-refractivity contribution in [2.24, 2.45) is 0 Å². The second kappa shape index (κ2) is 12.6. The van der Waals surface area contributed by atoms with Crippen molar-refractivity contribution < 1.29 is 8.83 Å². The summed E-state index contributed by atoms with van der Waals surface area (Å²) in [5.41, 5.74) is 13.3. The molecule has 0 amide bonds. The number of hydrogen-bond donors (Lipinski definition) is 0. The molecule has 2 aromatic heterocycles. The van der Waals surface area contributed by atoms with Gasteiger partial charge >= 0.3 is 0 Å². The molecule has 11 rings (SSSR count). The average molecular weight is 704 g/mol. The van der Waals surface area contributed by atoms with E-state index < -0.39 is 0 Å². The van der Waals surface area contributed by atoms with E-state index in [9.17, 15) is 0 Å². The number of para-hydroxylation sites is 1. The Morgan fingerprint density at radius 1 is 0.327 bits per heavy atom. The van der Waals surface area contributed by atoms with Gasteiger partial charge < -0.3 is 13.7 Å². The first-order valence-corrected chi connectivity index (χ1v) is 18.7. The highest BCUT2D eigenvalue weighted by atomic mass is 16.3. The van der Waals surface area contributed by atoms with E-state index in [0.29, 0.717) is 0 Å². The molecule has 9 aromatic carbocycles. The predicted molar refractivity (Wildman–Crippen MR) is 229 cm³/mol. The summed E-state index contributed by atoms with van der Waals surface area (Å²) in [4.78, 5) is 2.34. The van der Waals surface area contributed by atoms with Crippen LogP contribution in [0.1, 0.15) is 0 Å². The molecule has 258 valence electrons. The molecule has 0 saturated heterocycles. The number of hydrogen-bond acceptors (Lipinski definition) is 3. The van der Waals surface area contributed by atoms with Gasteiger partial charge in [0.1, 0.15) is 16.7 Å². The molecule has 0 spiro atoms. The lowest BCUT2D eigenvalue weighted by molar-refractivity contribution is 0.663. The van der Waals surface area contributed by atoms with Crippen LogP contribution in [-0.4, -0.2) is 0 Å². The summed E-state index contributed by atoms with van der Waals surface area (Å²) < 4.78 is 13.4. The topological polar surface area (TPSA) is 29.5 Å². The van der Waals surface area contributed by atoms with Crippen LogP contribution in [0, 0.1) is 0 Å². The van der Waals surface area contributed by atoms with E-state index in [0.717, 1.165) is 77.6 Å². The van der Waals surface area contributed by atoms with Crippen LogP contribution in [0.2, 0.25) is 0 Å². The minimum absolute atomic E-state index is 0.816. The van der Waals surface area contributed by atoms with E-state index in [1.54, 1.807) is 0 Å². The Labute approximate surface area is 317 Å². The minimum Gasteiger partial charge on any atom is -0.456 e. The van der Waals surface area contributed by atoms with Gasteiger partial charge in [0.05, 0.1) is 5.69 Å². The van der Waals surface area contributed by atoms with Crippen molar-refractivity contribution in [1.29, 1.82) is 0 Å². The Morgan fingerprint density at radius 3 is 1.53 bits per heavy atom. The Morgan fingerprint density at radius 2 is 0.855 bits per heavy atom. The lowest BCUT2D eigenvalue weighted by Crippen LogP contribution is -2.10. The Balaban J connectivity index is 1.22. The zero-order chi connectivity index (χ0) is 36.3. The van der Waals surface area contributed by atoms with Crippen molar-refractivity contribution in [3.8, 4) is 33.4 Å². The molecule has 11 aromatic rings. The van der Waals surface area contributed by atoms with Gasteiger partial charge in [0.25, 0.3) is 0 Å². The third kappa shape index (κ3) is 5.20. The maximum absolute atomic E-state index is 7.02. The third-order valence-electron chi connectivity index (χ3n) is 10.9. The normalized spacial score (nSPS) is 11.6. The van der Waals surface area contributed by atoms with Crippen molar-refractivity contribution in [3.63, 3.8) is 0 Å². The summed E-state index contributed by atoms with van der Waals surface area (Å²) in [7, 11) is 0. The summed E-state index contributed by atoms with van der Waals surface area (Å²) in [5.74, 6) is 0. The van der Waals surface area contributed by atoms with Gasteiger partial charge in [0.15, 0.2) is 5.58 Å². The molecule has 0 N–H and O–H groups in total. The van der Waals surface area contributed by atoms with Crippen molar-refractivity contribution in [2.45, 2.75) is 0 Å². The Hall–Kier alpha value is -7.36. The third-order valence-corrected chi connectivity index (χ3v) is 10.9. The van der Waals surface area contributed by atoms with Gasteiger partial charge in [-0.2, -0.15) is 0 Å². The number of fused-ring (bicyclic) bond motifs is 8. The van der Waals surface area contributed by atoms with Crippen LogP contribution in [0.15, 0.2) is 209 Å². The van der Waals surface area contributed by atoms with Crippen molar-refractivity contribution >= 4 is 71.7 Å². The van der Waals surface area contributed by atoms with Gasteiger partial charge in [-0.1, -0.05) is 146 Å². The second-order valence-corrected chi connectivity index (χ2v) is 14.1. The van der Waals surface area contributed by atoms with Crippen molar-refractivity contribution in [1.82, 2.24) is 0 Å². The van der Waals surface area contributed by atoms with E-state index in [2.05, 4.69) is 187 Å². The van der Waals surface area contributed by atoms with E-state index in [-0.39, 0.29) is 0 Å². The highest BCUT2D eigenvalue weighted by Crippen LogP contribution is 2.48. The largest absolute Gasteiger partial charge is 0.456 e. The molecule has 0 fully saturated rings. The number of benzene rings is 9. The molecule has 0 bridgehead atoms. The molecule has 0 unspecified atom stereocenters. The number of nitrogens with zero attached hydrogens (tertiary/aromatic N) is 1. The fourth-order valence-electron chi connectivity index (χ4n) is 8.26. The molecule has 0 aliphatic rings. The van der Waals surface area contributed by atoms with Gasteiger partial charge in [-0.25, -0.2) is 0 Å². The Bertz CT molecular complexity index is 3090. The smallest absolute Gasteiger partial charge is 0.159 e. The molecule has 2 heterocycles. The van der Waals surface area contributed by atoms with Crippen LogP contribution in [0.3, 0.4) is 0 Å². The van der Waals surface area contributed by atoms with Crippen LogP contribution in [-0.2, 0) is 0 Å². The molecule has 0 aliphatic heterocycles. The van der Waals surface area contributed by atoms with Crippen LogP contribution in [0.4, 0.5) is 17.1 Å². The summed E-state index contributed by atoms with van der Waals surface area (Å²) in [6.07, 6.45) is 0. The highest BCUT2D eigenvalue weighted by molar-refractivity contribution is 6.27. The maximum Gasteiger partial charge on any atom is 0.159 e. The molecule has 3 heteroatoms. The number of anilines is 3. The standard InChI is InChI=1S/C52H33NO2/c1-3-12-34(13-4-1)36-22-26-40(27-23-36)53(41-28-24-37(25-29-41)35-14-5-2-6-15-35)46-33-39(43-20-11-17-38-16-7-8-18-42(38)43)32-45-51-49(55-52(45)46)31-30-48-50(51)44-19-9-10-21-47(44)54-48/h1-33H. The lowest BCUT2D eigenvalue weighted by atomic mass is 9.95. The fourth-order valence-corrected chi connectivity index (χ4v) is 8.26. The predicted octanol–water partition coefficient (Wildman–Crippen LogP) is 15.1. The highest BCUT2D eigenvalue weighted by Gasteiger charge is 2.24. The zero-order valence-electron chi connectivity index (χ0n) is 29.8. The average Bonchev–Trinajstić information content (AvgIpc) is 3.83. The second-order valence-electron chi connectivity index (χ2n) is 14.1. The number of furan rings is 2. The van der Waals surface area contributed by atoms with Gasteiger partial charge in [-0.3, -0.25) is 0 Å². The van der Waals surface area contributed by atoms with E-state index in [1.165, 1.54) is 27.5 Å². The van der Waals surface area contributed by atoms with Crippen molar-refractivity contribution in [3.05, 3.63) is 200 Å². The van der Waals surface area contributed by atoms with Crippen LogP contribution < -0.4 is 4.90 Å². The van der Waals surface area contributed by atoms with Gasteiger partial charge in [-0.05, 0) is 98.8 Å². The molecule has 0 saturated carbocycles. The summed E-state index contributed by atoms with van der Waals surface area (Å²) in [6, 6.07) is 70.9. The van der Waals surface area contributed by atoms with E-state index >= 15 is 0 Å². The first-order chi connectivity index (χ1) is 27.3. The maximum atomic E-state index is 7.02. The molecule has 55 heavy (non-hydrogen) atoms. The van der Waals surface area contributed by atoms with Crippen LogP contribution >= 0.6 is 0 Å². The minimum atomic E-state index is 0.816. The molecular weight excluding hydrogens is 671 g/mol. The van der Waals surface area contributed by atoms with Gasteiger partial charge in [0, 0.05) is 32.9 Å². The summed E-state index contributed by atoms with van der Waals surface area (Å²) in [6.45, 7) is 0. The van der Waals surface area contributed by atoms with E-state index in [4.69, 9.17) is 8.83 Å². The molecule has 0 radical (unpaired) electrons. The SMILES string of the molecule is c1ccc(-c2ccc(N(c3ccc(-c4ccccc4)cc3)c3cc(-c4cccc5ccccc45)cc4c3oc3ccc5oc6ccccc6c5c34)cc2)cc1. The van der Waals surface area contributed by atoms with E-state index in [1.807, 2.05) is 18.2 Å². The van der Waals surface area contributed by atoms with Crippen LogP contribution in [0.25, 0.3) is 88.0 Å². The fraction of sp³-hybridized carbons (Fsp3) is 0. The first-order valence-electron chi connectivity index (χ1n) is 18.7. The molecule has 0 atom stereocenters. The molecule has 3 nitrogen and oxygen atoms in total. The molecular formula is C52H33NO2. The van der Waals surface area contributed by atoms with Crippen LogP contribution in [0.5, 0.6) is 0 Å². The van der Waals surface area contributed by atoms with Gasteiger partial charge in [0.2, 0.25) is 0 Å². The number of rotatable bonds is 6. The lowest BCUT2D eigenvalue weighted by Gasteiger charge is -2.27. The first kappa shape index (κ1) is 31.2. The van der Waals surface area contributed by atoms with Crippen molar-refractivity contribution in [2.75, 3.05) is 4.90 Å². The Kier molecular flexibility index (Phi) is 7.17. The monoisotopic (exact) mass is 703 g/mol. The summed E-state index contributed by atoms with van der Waals surface area (Å²) >= 11 is 0. The zero-order valence-corrected chi connectivity index (χ0v) is 29.8. The quantitative estimate of drug-likeness (QED) is 0.173. The summed E-state index contributed by atoms with van der Waals surface area (Å²) in [5, 5.41) is 6.64. The van der Waals surface area contributed by atoms with Gasteiger partial charge in [-0.15, -0.1) is 0 Å². The molecule has 0 aliphatic carbocycles.